The third kappa shape index (κ3) is 1.16. The summed E-state index contributed by atoms with van der Waals surface area (Å²) in [7, 11) is 0. The lowest BCUT2D eigenvalue weighted by atomic mass is 10.4. The maximum atomic E-state index is 5.62. The van der Waals surface area contributed by atoms with E-state index < -0.39 is 0 Å². The monoisotopic (exact) mass is 238 g/mol. The number of hydrogen-bond acceptors (Lipinski definition) is 3. The van der Waals surface area contributed by atoms with Crippen LogP contribution in [0, 0.1) is 0 Å². The van der Waals surface area contributed by atoms with Crippen molar-refractivity contribution < 1.29 is 4.42 Å². The van der Waals surface area contributed by atoms with Crippen LogP contribution in [0.4, 0.5) is 0 Å². The Morgan fingerprint density at radius 1 is 1.38 bits per heavy atom. The van der Waals surface area contributed by atoms with Crippen molar-refractivity contribution in [3.05, 3.63) is 22.8 Å². The third-order valence-corrected chi connectivity index (χ3v) is 2.76. The van der Waals surface area contributed by atoms with Gasteiger partial charge in [-0.1, -0.05) is 0 Å². The van der Waals surface area contributed by atoms with E-state index >= 15 is 0 Å². The van der Waals surface area contributed by atoms with Crippen molar-refractivity contribution in [1.82, 2.24) is 9.97 Å². The van der Waals surface area contributed by atoms with Gasteiger partial charge in [-0.3, -0.25) is 4.98 Å². The molecule has 0 radical (unpaired) electrons. The fourth-order valence-electron chi connectivity index (χ4n) is 1.34. The Balaban J connectivity index is 2.26. The minimum Gasteiger partial charge on any atom is -0.439 e. The number of rotatable bonds is 1. The fourth-order valence-corrected chi connectivity index (χ4v) is 1.75. The molecule has 0 saturated heterocycles. The van der Waals surface area contributed by atoms with Crippen molar-refractivity contribution in [2.45, 2.75) is 18.8 Å². The lowest BCUT2D eigenvalue weighted by Gasteiger charge is -1.87. The van der Waals surface area contributed by atoms with Gasteiger partial charge in [0.15, 0.2) is 11.5 Å². The van der Waals surface area contributed by atoms with Crippen LogP contribution in [0.5, 0.6) is 0 Å². The smallest absolute Gasteiger partial charge is 0.198 e. The Morgan fingerprint density at radius 3 is 2.92 bits per heavy atom. The first-order valence-electron chi connectivity index (χ1n) is 4.24. The van der Waals surface area contributed by atoms with Crippen LogP contribution in [0.25, 0.3) is 11.1 Å². The SMILES string of the molecule is Brc1cncc2nc(C3CC3)oc12. The molecule has 2 heterocycles. The minimum absolute atomic E-state index is 0.555. The quantitative estimate of drug-likeness (QED) is 0.767. The molecule has 3 nitrogen and oxygen atoms in total. The molecule has 0 bridgehead atoms. The van der Waals surface area contributed by atoms with Crippen molar-refractivity contribution in [3.63, 3.8) is 0 Å². The van der Waals surface area contributed by atoms with Gasteiger partial charge < -0.3 is 4.42 Å². The molecule has 1 saturated carbocycles. The second kappa shape index (κ2) is 2.54. The first kappa shape index (κ1) is 7.50. The van der Waals surface area contributed by atoms with E-state index in [4.69, 9.17) is 4.42 Å². The summed E-state index contributed by atoms with van der Waals surface area (Å²) in [6.45, 7) is 0. The number of nitrogens with zero attached hydrogens (tertiary/aromatic N) is 2. The normalized spacial score (nSPS) is 16.7. The summed E-state index contributed by atoms with van der Waals surface area (Å²) in [6, 6.07) is 0. The zero-order valence-corrected chi connectivity index (χ0v) is 8.41. The average Bonchev–Trinajstić information content (AvgIpc) is 2.87. The second-order valence-corrected chi connectivity index (χ2v) is 4.15. The molecule has 66 valence electrons. The van der Waals surface area contributed by atoms with Crippen molar-refractivity contribution in [2.75, 3.05) is 0 Å². The second-order valence-electron chi connectivity index (χ2n) is 3.30. The molecule has 13 heavy (non-hydrogen) atoms. The molecule has 2 aromatic rings. The predicted octanol–water partition coefficient (Wildman–Crippen LogP) is 2.86. The first-order chi connectivity index (χ1) is 6.34. The number of oxazole rings is 1. The van der Waals surface area contributed by atoms with E-state index in [1.165, 1.54) is 12.8 Å². The molecule has 0 unspecified atom stereocenters. The Morgan fingerprint density at radius 2 is 2.23 bits per heavy atom. The molecule has 2 aromatic heterocycles. The van der Waals surface area contributed by atoms with Crippen molar-refractivity contribution in [1.29, 1.82) is 0 Å². The van der Waals surface area contributed by atoms with Crippen LogP contribution in [-0.4, -0.2) is 9.97 Å². The van der Waals surface area contributed by atoms with E-state index in [1.807, 2.05) is 0 Å². The first-order valence-corrected chi connectivity index (χ1v) is 5.04. The van der Waals surface area contributed by atoms with Crippen molar-refractivity contribution in [2.24, 2.45) is 0 Å². The number of pyridine rings is 1. The summed E-state index contributed by atoms with van der Waals surface area (Å²) in [5.41, 5.74) is 1.66. The largest absolute Gasteiger partial charge is 0.439 e. The molecule has 0 N–H and O–H groups in total. The summed E-state index contributed by atoms with van der Waals surface area (Å²) >= 11 is 3.38. The Labute approximate surface area is 83.3 Å². The lowest BCUT2D eigenvalue weighted by Crippen LogP contribution is -1.75. The molecule has 0 aliphatic heterocycles. The van der Waals surface area contributed by atoms with Gasteiger partial charge in [0.2, 0.25) is 0 Å². The average molecular weight is 239 g/mol. The highest BCUT2D eigenvalue weighted by Crippen LogP contribution is 2.41. The standard InChI is InChI=1S/C9H7BrN2O/c10-6-3-11-4-7-8(6)13-9(12-7)5-1-2-5/h3-5H,1-2H2. The van der Waals surface area contributed by atoms with E-state index in [-0.39, 0.29) is 0 Å². The summed E-state index contributed by atoms with van der Waals surface area (Å²) in [5.74, 6) is 1.42. The van der Waals surface area contributed by atoms with E-state index in [1.54, 1.807) is 12.4 Å². The molecule has 1 fully saturated rings. The zero-order valence-electron chi connectivity index (χ0n) is 6.83. The molecular weight excluding hydrogens is 232 g/mol. The summed E-state index contributed by atoms with van der Waals surface area (Å²) in [6.07, 6.45) is 5.87. The van der Waals surface area contributed by atoms with Gasteiger partial charge >= 0.3 is 0 Å². The van der Waals surface area contributed by atoms with Gasteiger partial charge in [-0.25, -0.2) is 4.98 Å². The van der Waals surface area contributed by atoms with Gasteiger partial charge in [0.1, 0.15) is 5.52 Å². The summed E-state index contributed by atoms with van der Waals surface area (Å²) in [5, 5.41) is 0. The Kier molecular flexibility index (Phi) is 1.47. The number of hydrogen-bond donors (Lipinski definition) is 0. The molecule has 0 amide bonds. The molecule has 0 aromatic carbocycles. The van der Waals surface area contributed by atoms with Gasteiger partial charge in [0, 0.05) is 12.1 Å². The van der Waals surface area contributed by atoms with Crippen LogP contribution in [0.3, 0.4) is 0 Å². The molecule has 3 rings (SSSR count). The van der Waals surface area contributed by atoms with Crippen molar-refractivity contribution in [3.8, 4) is 0 Å². The third-order valence-electron chi connectivity index (χ3n) is 2.20. The number of halogens is 1. The molecule has 0 atom stereocenters. The summed E-state index contributed by atoms with van der Waals surface area (Å²) in [4.78, 5) is 8.41. The Hall–Kier alpha value is -0.900. The fraction of sp³-hybridized carbons (Fsp3) is 0.333. The number of aromatic nitrogens is 2. The van der Waals surface area contributed by atoms with Crippen LogP contribution >= 0.6 is 15.9 Å². The van der Waals surface area contributed by atoms with Gasteiger partial charge in [-0.05, 0) is 28.8 Å². The molecule has 1 aliphatic carbocycles. The summed E-state index contributed by atoms with van der Waals surface area (Å²) < 4.78 is 6.50. The highest BCUT2D eigenvalue weighted by Gasteiger charge is 2.29. The maximum Gasteiger partial charge on any atom is 0.198 e. The van der Waals surface area contributed by atoms with Crippen LogP contribution in [0.15, 0.2) is 21.3 Å². The van der Waals surface area contributed by atoms with Crippen LogP contribution in [0.2, 0.25) is 0 Å². The van der Waals surface area contributed by atoms with Gasteiger partial charge in [-0.15, -0.1) is 0 Å². The van der Waals surface area contributed by atoms with Crippen molar-refractivity contribution >= 4 is 27.0 Å². The van der Waals surface area contributed by atoms with E-state index in [2.05, 4.69) is 25.9 Å². The predicted molar refractivity (Wildman–Crippen MR) is 51.5 cm³/mol. The topological polar surface area (TPSA) is 38.9 Å². The van der Waals surface area contributed by atoms with E-state index in [0.717, 1.165) is 21.5 Å². The Bertz CT molecular complexity index is 462. The molecule has 1 aliphatic rings. The van der Waals surface area contributed by atoms with E-state index in [9.17, 15) is 0 Å². The zero-order chi connectivity index (χ0) is 8.84. The molecule has 4 heteroatoms. The molecule has 0 spiro atoms. The highest BCUT2D eigenvalue weighted by molar-refractivity contribution is 9.10. The van der Waals surface area contributed by atoms with Gasteiger partial charge in [0.05, 0.1) is 10.7 Å². The minimum atomic E-state index is 0.555. The van der Waals surface area contributed by atoms with Gasteiger partial charge in [0.25, 0.3) is 0 Å². The lowest BCUT2D eigenvalue weighted by molar-refractivity contribution is 0.532. The van der Waals surface area contributed by atoms with Crippen LogP contribution in [0.1, 0.15) is 24.7 Å². The van der Waals surface area contributed by atoms with Crippen LogP contribution in [-0.2, 0) is 0 Å². The van der Waals surface area contributed by atoms with Crippen LogP contribution < -0.4 is 0 Å². The molecular formula is C9H7BrN2O. The maximum absolute atomic E-state index is 5.62. The van der Waals surface area contributed by atoms with Gasteiger partial charge in [-0.2, -0.15) is 0 Å². The highest BCUT2D eigenvalue weighted by atomic mass is 79.9. The van der Waals surface area contributed by atoms with E-state index in [0.29, 0.717) is 5.92 Å². The number of fused-ring (bicyclic) bond motifs is 1.